The Bertz CT molecular complexity index is 853. The van der Waals surface area contributed by atoms with Gasteiger partial charge in [0.2, 0.25) is 5.88 Å². The van der Waals surface area contributed by atoms with E-state index in [9.17, 15) is 4.79 Å². The Morgan fingerprint density at radius 1 is 1.11 bits per heavy atom. The van der Waals surface area contributed by atoms with Gasteiger partial charge >= 0.3 is 0 Å². The zero-order valence-electron chi connectivity index (χ0n) is 15.3. The van der Waals surface area contributed by atoms with Crippen LogP contribution in [0.4, 0.5) is 5.69 Å². The molecule has 0 radical (unpaired) electrons. The van der Waals surface area contributed by atoms with Gasteiger partial charge in [-0.3, -0.25) is 4.79 Å². The summed E-state index contributed by atoms with van der Waals surface area (Å²) in [5.41, 5.74) is 1.65. The molecule has 1 amide bonds. The number of rotatable bonds is 4. The first-order valence-corrected chi connectivity index (χ1v) is 11.2. The Labute approximate surface area is 179 Å². The lowest BCUT2D eigenvalue weighted by molar-refractivity contribution is 0.0745. The van der Waals surface area contributed by atoms with Crippen molar-refractivity contribution in [1.82, 2.24) is 9.88 Å². The van der Waals surface area contributed by atoms with Gasteiger partial charge in [-0.1, -0.05) is 23.2 Å². The summed E-state index contributed by atoms with van der Waals surface area (Å²) in [5, 5.41) is 1.09. The molecule has 1 unspecified atom stereocenters. The van der Waals surface area contributed by atoms with Crippen LogP contribution in [0.3, 0.4) is 0 Å². The van der Waals surface area contributed by atoms with Crippen molar-refractivity contribution in [2.75, 3.05) is 42.6 Å². The molecule has 28 heavy (non-hydrogen) atoms. The largest absolute Gasteiger partial charge is 0.473 e. The van der Waals surface area contributed by atoms with Crippen LogP contribution in [0.15, 0.2) is 36.5 Å². The number of anilines is 1. The smallest absolute Gasteiger partial charge is 0.254 e. The topological polar surface area (TPSA) is 45.7 Å². The average molecular weight is 438 g/mol. The van der Waals surface area contributed by atoms with Gasteiger partial charge in [-0.15, -0.1) is 0 Å². The first kappa shape index (κ1) is 19.7. The molecule has 1 atom stereocenters. The number of pyridine rings is 1. The molecular weight excluding hydrogens is 417 g/mol. The molecule has 2 aromatic rings. The number of nitrogens with zero attached hydrogens (tertiary/aromatic N) is 3. The summed E-state index contributed by atoms with van der Waals surface area (Å²) in [5.74, 6) is 2.65. The number of ether oxygens (including phenoxy) is 1. The number of thioether (sulfide) groups is 1. The second-order valence-electron chi connectivity index (χ2n) is 6.86. The Morgan fingerprint density at radius 2 is 1.93 bits per heavy atom. The number of carbonyl (C=O) groups excluding carboxylic acids is 1. The lowest BCUT2D eigenvalue weighted by Crippen LogP contribution is -2.48. The van der Waals surface area contributed by atoms with Crippen molar-refractivity contribution >= 4 is 46.6 Å². The molecule has 4 rings (SSSR count). The minimum atomic E-state index is 0.0156. The van der Waals surface area contributed by atoms with Gasteiger partial charge in [0.05, 0.1) is 10.0 Å². The van der Waals surface area contributed by atoms with Crippen LogP contribution < -0.4 is 9.64 Å². The molecule has 2 aliphatic rings. The van der Waals surface area contributed by atoms with Crippen molar-refractivity contribution in [3.05, 3.63) is 52.1 Å². The Morgan fingerprint density at radius 3 is 2.64 bits per heavy atom. The molecule has 1 aromatic heterocycles. The van der Waals surface area contributed by atoms with Crippen molar-refractivity contribution < 1.29 is 9.53 Å². The molecule has 2 saturated heterocycles. The minimum Gasteiger partial charge on any atom is -0.473 e. The highest BCUT2D eigenvalue weighted by molar-refractivity contribution is 7.99. The number of piperazine rings is 1. The van der Waals surface area contributed by atoms with Gasteiger partial charge in [-0.05, 0) is 36.4 Å². The molecule has 148 valence electrons. The third-order valence-electron chi connectivity index (χ3n) is 4.99. The SMILES string of the molecule is O=C(c1ccnc(OC2CCSC2)c1)N1CCN(c2ccc(Cl)c(Cl)c2)CC1. The number of halogens is 2. The molecular formula is C20H21Cl2N3O2S. The van der Waals surface area contributed by atoms with Crippen molar-refractivity contribution in [1.29, 1.82) is 0 Å². The van der Waals surface area contributed by atoms with Crippen molar-refractivity contribution in [3.8, 4) is 5.88 Å². The molecule has 8 heteroatoms. The van der Waals surface area contributed by atoms with Gasteiger partial charge in [0, 0.05) is 55.4 Å². The summed E-state index contributed by atoms with van der Waals surface area (Å²) >= 11 is 14.0. The number of hydrogen-bond acceptors (Lipinski definition) is 5. The normalized spacial score (nSPS) is 19.7. The van der Waals surface area contributed by atoms with Gasteiger partial charge in [-0.25, -0.2) is 4.98 Å². The molecule has 3 heterocycles. The van der Waals surface area contributed by atoms with Crippen LogP contribution in [0.5, 0.6) is 5.88 Å². The predicted octanol–water partition coefficient (Wildman–Crippen LogP) is 4.24. The summed E-state index contributed by atoms with van der Waals surface area (Å²) in [4.78, 5) is 21.3. The van der Waals surface area contributed by atoms with Gasteiger partial charge in [0.1, 0.15) is 6.10 Å². The van der Waals surface area contributed by atoms with E-state index in [1.165, 1.54) is 0 Å². The van der Waals surface area contributed by atoms with E-state index in [1.807, 2.05) is 28.8 Å². The second kappa shape index (κ2) is 8.80. The fourth-order valence-electron chi connectivity index (χ4n) is 3.42. The standard InChI is InChI=1S/C20H21Cl2N3O2S/c21-17-2-1-15(12-18(17)22)24-6-8-25(9-7-24)20(26)14-3-5-23-19(11-14)27-16-4-10-28-13-16/h1-3,5,11-12,16H,4,6-10,13H2. The molecule has 0 N–H and O–H groups in total. The van der Waals surface area contributed by atoms with Crippen LogP contribution in [0.2, 0.25) is 10.0 Å². The van der Waals surface area contributed by atoms with Crippen molar-refractivity contribution in [3.63, 3.8) is 0 Å². The van der Waals surface area contributed by atoms with Gasteiger partial charge in [-0.2, -0.15) is 11.8 Å². The van der Waals surface area contributed by atoms with Gasteiger partial charge < -0.3 is 14.5 Å². The number of carbonyl (C=O) groups is 1. The third kappa shape index (κ3) is 4.50. The first-order valence-electron chi connectivity index (χ1n) is 9.30. The van der Waals surface area contributed by atoms with Crippen LogP contribution in [0, 0.1) is 0 Å². The predicted molar refractivity (Wildman–Crippen MR) is 115 cm³/mol. The number of hydrogen-bond donors (Lipinski definition) is 0. The molecule has 2 aliphatic heterocycles. The van der Waals surface area contributed by atoms with E-state index in [1.54, 1.807) is 24.4 Å². The average Bonchev–Trinajstić information content (AvgIpc) is 3.23. The minimum absolute atomic E-state index is 0.0156. The highest BCUT2D eigenvalue weighted by atomic mass is 35.5. The van der Waals surface area contributed by atoms with Crippen molar-refractivity contribution in [2.45, 2.75) is 12.5 Å². The van der Waals surface area contributed by atoms with Gasteiger partial charge in [0.25, 0.3) is 5.91 Å². The molecule has 5 nitrogen and oxygen atoms in total. The summed E-state index contributed by atoms with van der Waals surface area (Å²) < 4.78 is 5.91. The monoisotopic (exact) mass is 437 g/mol. The van der Waals surface area contributed by atoms with E-state index in [4.69, 9.17) is 27.9 Å². The van der Waals surface area contributed by atoms with Crippen molar-refractivity contribution in [2.24, 2.45) is 0 Å². The van der Waals surface area contributed by atoms with E-state index in [2.05, 4.69) is 9.88 Å². The maximum atomic E-state index is 12.9. The maximum absolute atomic E-state index is 12.9. The molecule has 0 saturated carbocycles. The highest BCUT2D eigenvalue weighted by Gasteiger charge is 2.24. The number of aromatic nitrogens is 1. The molecule has 0 bridgehead atoms. The first-order chi connectivity index (χ1) is 13.6. The summed E-state index contributed by atoms with van der Waals surface area (Å²) in [6, 6.07) is 9.15. The fourth-order valence-corrected chi connectivity index (χ4v) is 4.80. The van der Waals surface area contributed by atoms with E-state index < -0.39 is 0 Å². The summed E-state index contributed by atoms with van der Waals surface area (Å²) in [7, 11) is 0. The van der Waals surface area contributed by atoms with Gasteiger partial charge in [0.15, 0.2) is 0 Å². The quantitative estimate of drug-likeness (QED) is 0.715. The molecule has 0 aliphatic carbocycles. The fraction of sp³-hybridized carbons (Fsp3) is 0.400. The lowest BCUT2D eigenvalue weighted by atomic mass is 10.2. The van der Waals surface area contributed by atoms with Crippen LogP contribution in [-0.4, -0.2) is 59.6 Å². The zero-order chi connectivity index (χ0) is 19.5. The summed E-state index contributed by atoms with van der Waals surface area (Å²) in [6.45, 7) is 2.79. The van der Waals surface area contributed by atoms with E-state index in [0.29, 0.717) is 34.6 Å². The van der Waals surface area contributed by atoms with Crippen LogP contribution in [-0.2, 0) is 0 Å². The zero-order valence-corrected chi connectivity index (χ0v) is 17.6. The number of amides is 1. The number of benzene rings is 1. The van der Waals surface area contributed by atoms with Crippen LogP contribution >= 0.6 is 35.0 Å². The van der Waals surface area contributed by atoms with E-state index in [-0.39, 0.29) is 12.0 Å². The molecule has 2 fully saturated rings. The van der Waals surface area contributed by atoms with E-state index in [0.717, 1.165) is 36.7 Å². The molecule has 0 spiro atoms. The summed E-state index contributed by atoms with van der Waals surface area (Å²) in [6.07, 6.45) is 2.87. The Hall–Kier alpha value is -1.63. The van der Waals surface area contributed by atoms with Crippen LogP contribution in [0.1, 0.15) is 16.8 Å². The second-order valence-corrected chi connectivity index (χ2v) is 8.83. The maximum Gasteiger partial charge on any atom is 0.254 e. The van der Waals surface area contributed by atoms with E-state index >= 15 is 0 Å². The third-order valence-corrected chi connectivity index (χ3v) is 6.86. The highest BCUT2D eigenvalue weighted by Crippen LogP contribution is 2.28. The Balaban J connectivity index is 1.37. The Kier molecular flexibility index (Phi) is 6.19. The van der Waals surface area contributed by atoms with Crippen LogP contribution in [0.25, 0.3) is 0 Å². The lowest BCUT2D eigenvalue weighted by Gasteiger charge is -2.36. The molecule has 1 aromatic carbocycles.